The van der Waals surface area contributed by atoms with Crippen LogP contribution in [0.15, 0.2) is 42.5 Å². The van der Waals surface area contributed by atoms with Gasteiger partial charge in [0.05, 0.1) is 17.5 Å². The second-order valence-corrected chi connectivity index (χ2v) is 5.57. The summed E-state index contributed by atoms with van der Waals surface area (Å²) in [5.74, 6) is -0.0254. The van der Waals surface area contributed by atoms with Crippen LogP contribution in [-0.4, -0.2) is 12.0 Å². The van der Waals surface area contributed by atoms with E-state index in [0.29, 0.717) is 22.0 Å². The summed E-state index contributed by atoms with van der Waals surface area (Å²) in [5.41, 5.74) is 1.19. The summed E-state index contributed by atoms with van der Waals surface area (Å²) in [6.07, 6.45) is 0.116. The number of anilines is 1. The van der Waals surface area contributed by atoms with E-state index in [1.165, 1.54) is 12.1 Å². The van der Waals surface area contributed by atoms with Gasteiger partial charge in [0.15, 0.2) is 0 Å². The van der Waals surface area contributed by atoms with Gasteiger partial charge in [-0.25, -0.2) is 4.39 Å². The Hall–Kier alpha value is -2.07. The van der Waals surface area contributed by atoms with E-state index >= 15 is 0 Å². The maximum absolute atomic E-state index is 13.1. The van der Waals surface area contributed by atoms with E-state index < -0.39 is 0 Å². The minimum atomic E-state index is -0.358. The average Bonchev–Trinajstić information content (AvgIpc) is 2.41. The zero-order valence-electron chi connectivity index (χ0n) is 12.4. The van der Waals surface area contributed by atoms with Gasteiger partial charge in [-0.05, 0) is 49.7 Å². The van der Waals surface area contributed by atoms with Crippen LogP contribution >= 0.6 is 11.6 Å². The van der Waals surface area contributed by atoms with Crippen molar-refractivity contribution in [2.75, 3.05) is 5.32 Å². The molecule has 0 atom stereocenters. The van der Waals surface area contributed by atoms with Crippen LogP contribution in [0.1, 0.15) is 19.4 Å². The standard InChI is InChI=1S/C17H17ClFNO2/c1-11(2)22-16-7-6-14(10-15(16)18)20-17(21)9-12-4-3-5-13(19)8-12/h3-8,10-11H,9H2,1-2H3,(H,20,21). The van der Waals surface area contributed by atoms with E-state index in [1.54, 1.807) is 30.3 Å². The van der Waals surface area contributed by atoms with E-state index in [4.69, 9.17) is 16.3 Å². The fourth-order valence-corrected chi connectivity index (χ4v) is 2.19. The summed E-state index contributed by atoms with van der Waals surface area (Å²) in [6.45, 7) is 3.82. The molecule has 0 aromatic heterocycles. The van der Waals surface area contributed by atoms with Gasteiger partial charge in [0, 0.05) is 5.69 Å². The number of benzene rings is 2. The van der Waals surface area contributed by atoms with Crippen molar-refractivity contribution in [2.45, 2.75) is 26.4 Å². The van der Waals surface area contributed by atoms with E-state index in [1.807, 2.05) is 13.8 Å². The molecule has 0 saturated heterocycles. The molecule has 0 spiro atoms. The van der Waals surface area contributed by atoms with Crippen molar-refractivity contribution in [2.24, 2.45) is 0 Å². The molecule has 0 aliphatic carbocycles. The second kappa shape index (κ2) is 7.27. The molecule has 1 amide bonds. The first-order valence-corrected chi connectivity index (χ1v) is 7.32. The average molecular weight is 322 g/mol. The van der Waals surface area contributed by atoms with Gasteiger partial charge < -0.3 is 10.1 Å². The van der Waals surface area contributed by atoms with E-state index in [9.17, 15) is 9.18 Å². The monoisotopic (exact) mass is 321 g/mol. The number of hydrogen-bond acceptors (Lipinski definition) is 2. The molecule has 116 valence electrons. The van der Waals surface area contributed by atoms with E-state index in [-0.39, 0.29) is 24.2 Å². The first-order valence-electron chi connectivity index (χ1n) is 6.94. The van der Waals surface area contributed by atoms with Crippen LogP contribution in [-0.2, 0) is 11.2 Å². The van der Waals surface area contributed by atoms with Gasteiger partial charge in [0.2, 0.25) is 5.91 Å². The molecule has 0 bridgehead atoms. The molecule has 0 saturated carbocycles. The van der Waals surface area contributed by atoms with Crippen LogP contribution in [0.2, 0.25) is 5.02 Å². The van der Waals surface area contributed by atoms with Crippen molar-refractivity contribution in [3.8, 4) is 5.75 Å². The Morgan fingerprint density at radius 1 is 1.27 bits per heavy atom. The number of nitrogens with one attached hydrogen (secondary N) is 1. The zero-order chi connectivity index (χ0) is 16.1. The highest BCUT2D eigenvalue weighted by Gasteiger charge is 2.08. The smallest absolute Gasteiger partial charge is 0.228 e. The Morgan fingerprint density at radius 3 is 2.68 bits per heavy atom. The maximum Gasteiger partial charge on any atom is 0.228 e. The summed E-state index contributed by atoms with van der Waals surface area (Å²) in [5, 5.41) is 3.16. The molecule has 0 fully saturated rings. The highest BCUT2D eigenvalue weighted by atomic mass is 35.5. The lowest BCUT2D eigenvalue weighted by atomic mass is 10.1. The van der Waals surface area contributed by atoms with Gasteiger partial charge in [0.25, 0.3) is 0 Å². The van der Waals surface area contributed by atoms with Crippen molar-refractivity contribution < 1.29 is 13.9 Å². The quantitative estimate of drug-likeness (QED) is 0.883. The number of rotatable bonds is 5. The molecule has 0 unspecified atom stereocenters. The molecule has 5 heteroatoms. The van der Waals surface area contributed by atoms with Crippen molar-refractivity contribution in [1.29, 1.82) is 0 Å². The third-order valence-corrected chi connectivity index (χ3v) is 3.13. The highest BCUT2D eigenvalue weighted by molar-refractivity contribution is 6.32. The number of carbonyl (C=O) groups is 1. The van der Waals surface area contributed by atoms with Gasteiger partial charge in [-0.15, -0.1) is 0 Å². The SMILES string of the molecule is CC(C)Oc1ccc(NC(=O)Cc2cccc(F)c2)cc1Cl. The maximum atomic E-state index is 13.1. The minimum Gasteiger partial charge on any atom is -0.489 e. The molecule has 22 heavy (non-hydrogen) atoms. The largest absolute Gasteiger partial charge is 0.489 e. The third kappa shape index (κ3) is 4.74. The molecule has 0 aliphatic rings. The number of ether oxygens (including phenoxy) is 1. The topological polar surface area (TPSA) is 38.3 Å². The lowest BCUT2D eigenvalue weighted by Crippen LogP contribution is -2.14. The molecular weight excluding hydrogens is 305 g/mol. The summed E-state index contributed by atoms with van der Waals surface area (Å²) in [6, 6.07) is 11.0. The molecule has 1 N–H and O–H groups in total. The number of hydrogen-bond donors (Lipinski definition) is 1. The predicted molar refractivity (Wildman–Crippen MR) is 85.9 cm³/mol. The van der Waals surface area contributed by atoms with Crippen LogP contribution in [0.4, 0.5) is 10.1 Å². The fraction of sp³-hybridized carbons (Fsp3) is 0.235. The van der Waals surface area contributed by atoms with Crippen LogP contribution in [0, 0.1) is 5.82 Å². The molecule has 2 aromatic carbocycles. The Bertz CT molecular complexity index is 673. The fourth-order valence-electron chi connectivity index (χ4n) is 1.97. The number of halogens is 2. The Balaban J connectivity index is 2.01. The number of carbonyl (C=O) groups excluding carboxylic acids is 1. The normalized spacial score (nSPS) is 10.6. The molecule has 2 rings (SSSR count). The first kappa shape index (κ1) is 16.3. The minimum absolute atomic E-state index is 0.0194. The van der Waals surface area contributed by atoms with Gasteiger partial charge in [0.1, 0.15) is 11.6 Å². The van der Waals surface area contributed by atoms with Gasteiger partial charge >= 0.3 is 0 Å². The molecular formula is C17H17ClFNO2. The van der Waals surface area contributed by atoms with Crippen molar-refractivity contribution in [3.05, 3.63) is 58.9 Å². The van der Waals surface area contributed by atoms with Crippen molar-refractivity contribution in [1.82, 2.24) is 0 Å². The molecule has 2 aromatic rings. The van der Waals surface area contributed by atoms with Crippen molar-refractivity contribution in [3.63, 3.8) is 0 Å². The van der Waals surface area contributed by atoms with Crippen molar-refractivity contribution >= 4 is 23.2 Å². The van der Waals surface area contributed by atoms with Crippen LogP contribution < -0.4 is 10.1 Å². The molecule has 0 radical (unpaired) electrons. The van der Waals surface area contributed by atoms with Crippen LogP contribution in [0.3, 0.4) is 0 Å². The number of amides is 1. The van der Waals surface area contributed by atoms with Gasteiger partial charge in [-0.1, -0.05) is 23.7 Å². The predicted octanol–water partition coefficient (Wildman–Crippen LogP) is 4.45. The summed E-state index contributed by atoms with van der Waals surface area (Å²) >= 11 is 6.11. The Morgan fingerprint density at radius 2 is 2.05 bits per heavy atom. The summed E-state index contributed by atoms with van der Waals surface area (Å²) in [7, 11) is 0. The van der Waals surface area contributed by atoms with Gasteiger partial charge in [-0.2, -0.15) is 0 Å². The Labute approximate surface area is 134 Å². The lowest BCUT2D eigenvalue weighted by molar-refractivity contribution is -0.115. The van der Waals surface area contributed by atoms with E-state index in [2.05, 4.69) is 5.32 Å². The molecule has 3 nitrogen and oxygen atoms in total. The second-order valence-electron chi connectivity index (χ2n) is 5.17. The highest BCUT2D eigenvalue weighted by Crippen LogP contribution is 2.28. The van der Waals surface area contributed by atoms with Crippen LogP contribution in [0.5, 0.6) is 5.75 Å². The van der Waals surface area contributed by atoms with E-state index in [0.717, 1.165) is 0 Å². The third-order valence-electron chi connectivity index (χ3n) is 2.83. The summed E-state index contributed by atoms with van der Waals surface area (Å²) in [4.78, 5) is 12.0. The zero-order valence-corrected chi connectivity index (χ0v) is 13.2. The first-order chi connectivity index (χ1) is 10.4. The van der Waals surface area contributed by atoms with Gasteiger partial charge in [-0.3, -0.25) is 4.79 Å². The summed E-state index contributed by atoms with van der Waals surface area (Å²) < 4.78 is 18.6. The lowest BCUT2D eigenvalue weighted by Gasteiger charge is -2.12. The molecule has 0 aliphatic heterocycles. The molecule has 0 heterocycles. The van der Waals surface area contributed by atoms with Crippen LogP contribution in [0.25, 0.3) is 0 Å². The Kier molecular flexibility index (Phi) is 5.39.